The molecule has 1 aromatic carbocycles. The maximum atomic E-state index is 5.72. The van der Waals surface area contributed by atoms with Gasteiger partial charge in [0.2, 0.25) is 0 Å². The van der Waals surface area contributed by atoms with Crippen LogP contribution < -0.4 is 10.5 Å². The van der Waals surface area contributed by atoms with Gasteiger partial charge in [0, 0.05) is 12.1 Å². The molecular formula is C13H21NOS. The second-order valence-corrected chi connectivity index (χ2v) is 5.62. The molecule has 0 aliphatic carbocycles. The van der Waals surface area contributed by atoms with Gasteiger partial charge in [-0.05, 0) is 23.5 Å². The standard InChI is InChI=1S/C13H21NOS/c1-11(2)16-9-5-8-15-13-7-4-3-6-12(13)10-14/h3-4,6-7,11H,5,8-10,14H2,1-2H3. The Balaban J connectivity index is 2.26. The predicted molar refractivity (Wildman–Crippen MR) is 72.0 cm³/mol. The van der Waals surface area contributed by atoms with E-state index in [-0.39, 0.29) is 0 Å². The highest BCUT2D eigenvalue weighted by Gasteiger charge is 2.00. The van der Waals surface area contributed by atoms with Gasteiger partial charge in [-0.15, -0.1) is 0 Å². The molecule has 0 saturated carbocycles. The molecular weight excluding hydrogens is 218 g/mol. The molecule has 0 aliphatic rings. The van der Waals surface area contributed by atoms with Crippen LogP contribution in [0, 0.1) is 0 Å². The summed E-state index contributed by atoms with van der Waals surface area (Å²) in [4.78, 5) is 0. The van der Waals surface area contributed by atoms with Crippen LogP contribution in [0.4, 0.5) is 0 Å². The third-order valence-corrected chi connectivity index (χ3v) is 3.38. The molecule has 0 atom stereocenters. The summed E-state index contributed by atoms with van der Waals surface area (Å²) in [7, 11) is 0. The van der Waals surface area contributed by atoms with Crippen LogP contribution in [0.25, 0.3) is 0 Å². The molecule has 0 radical (unpaired) electrons. The Hall–Kier alpha value is -0.670. The number of nitrogens with two attached hydrogens (primary N) is 1. The van der Waals surface area contributed by atoms with Crippen LogP contribution in [0.15, 0.2) is 24.3 Å². The molecule has 0 bridgehead atoms. The molecule has 3 heteroatoms. The summed E-state index contributed by atoms with van der Waals surface area (Å²) in [6.45, 7) is 5.75. The lowest BCUT2D eigenvalue weighted by atomic mass is 10.2. The molecule has 1 aromatic rings. The first-order chi connectivity index (χ1) is 7.74. The highest BCUT2D eigenvalue weighted by atomic mass is 32.2. The van der Waals surface area contributed by atoms with E-state index in [0.29, 0.717) is 11.8 Å². The lowest BCUT2D eigenvalue weighted by Crippen LogP contribution is -2.04. The van der Waals surface area contributed by atoms with Crippen LogP contribution in [-0.4, -0.2) is 17.6 Å². The first-order valence-electron chi connectivity index (χ1n) is 5.76. The topological polar surface area (TPSA) is 35.2 Å². The van der Waals surface area contributed by atoms with Gasteiger partial charge in [-0.2, -0.15) is 11.8 Å². The van der Waals surface area contributed by atoms with Crippen molar-refractivity contribution in [2.24, 2.45) is 5.73 Å². The molecule has 0 heterocycles. The van der Waals surface area contributed by atoms with Crippen LogP contribution in [0.1, 0.15) is 25.8 Å². The summed E-state index contributed by atoms with van der Waals surface area (Å²) in [6.07, 6.45) is 1.09. The normalized spacial score (nSPS) is 10.8. The SMILES string of the molecule is CC(C)SCCCOc1ccccc1CN. The van der Waals surface area contributed by atoms with Crippen molar-refractivity contribution in [2.45, 2.75) is 32.1 Å². The van der Waals surface area contributed by atoms with Gasteiger partial charge in [0.1, 0.15) is 5.75 Å². The fourth-order valence-corrected chi connectivity index (χ4v) is 2.13. The first kappa shape index (κ1) is 13.4. The van der Waals surface area contributed by atoms with Crippen molar-refractivity contribution >= 4 is 11.8 Å². The summed E-state index contributed by atoms with van der Waals surface area (Å²) >= 11 is 1.97. The summed E-state index contributed by atoms with van der Waals surface area (Å²) < 4.78 is 5.72. The number of para-hydroxylation sites is 1. The second-order valence-electron chi connectivity index (χ2n) is 3.93. The van der Waals surface area contributed by atoms with Crippen molar-refractivity contribution in [1.82, 2.24) is 0 Å². The van der Waals surface area contributed by atoms with Crippen molar-refractivity contribution < 1.29 is 4.74 Å². The van der Waals surface area contributed by atoms with Gasteiger partial charge in [0.05, 0.1) is 6.61 Å². The van der Waals surface area contributed by atoms with Gasteiger partial charge < -0.3 is 10.5 Å². The van der Waals surface area contributed by atoms with Crippen LogP contribution in [0.2, 0.25) is 0 Å². The molecule has 2 nitrogen and oxygen atoms in total. The number of hydrogen-bond donors (Lipinski definition) is 1. The number of hydrogen-bond acceptors (Lipinski definition) is 3. The summed E-state index contributed by atoms with van der Waals surface area (Å²) in [5.41, 5.74) is 6.72. The molecule has 0 amide bonds. The first-order valence-corrected chi connectivity index (χ1v) is 6.81. The lowest BCUT2D eigenvalue weighted by molar-refractivity contribution is 0.315. The Morgan fingerprint density at radius 3 is 2.75 bits per heavy atom. The third-order valence-electron chi connectivity index (χ3n) is 2.19. The average Bonchev–Trinajstić information content (AvgIpc) is 2.29. The molecule has 90 valence electrons. The van der Waals surface area contributed by atoms with Gasteiger partial charge in [0.25, 0.3) is 0 Å². The van der Waals surface area contributed by atoms with E-state index in [1.807, 2.05) is 36.0 Å². The average molecular weight is 239 g/mol. The number of thioether (sulfide) groups is 1. The fourth-order valence-electron chi connectivity index (χ4n) is 1.37. The zero-order valence-electron chi connectivity index (χ0n) is 10.1. The molecule has 1 rings (SSSR count). The third kappa shape index (κ3) is 4.90. The van der Waals surface area contributed by atoms with Gasteiger partial charge in [-0.1, -0.05) is 32.0 Å². The molecule has 0 fully saturated rings. The van der Waals surface area contributed by atoms with E-state index in [1.165, 1.54) is 0 Å². The lowest BCUT2D eigenvalue weighted by Gasteiger charge is -2.10. The van der Waals surface area contributed by atoms with E-state index in [2.05, 4.69) is 13.8 Å². The molecule has 0 aromatic heterocycles. The Labute approximate surface area is 103 Å². The van der Waals surface area contributed by atoms with Gasteiger partial charge in [0.15, 0.2) is 0 Å². The van der Waals surface area contributed by atoms with Crippen LogP contribution >= 0.6 is 11.8 Å². The van der Waals surface area contributed by atoms with Crippen molar-refractivity contribution in [3.63, 3.8) is 0 Å². The molecule has 0 spiro atoms. The molecule has 0 unspecified atom stereocenters. The van der Waals surface area contributed by atoms with E-state index in [9.17, 15) is 0 Å². The van der Waals surface area contributed by atoms with E-state index in [0.717, 1.165) is 30.1 Å². The second kappa shape index (κ2) is 7.58. The van der Waals surface area contributed by atoms with Crippen molar-refractivity contribution in [3.05, 3.63) is 29.8 Å². The Kier molecular flexibility index (Phi) is 6.34. The fraction of sp³-hybridized carbons (Fsp3) is 0.538. The Morgan fingerprint density at radius 1 is 1.31 bits per heavy atom. The van der Waals surface area contributed by atoms with Gasteiger partial charge >= 0.3 is 0 Å². The monoisotopic (exact) mass is 239 g/mol. The maximum absolute atomic E-state index is 5.72. The van der Waals surface area contributed by atoms with Gasteiger partial charge in [-0.3, -0.25) is 0 Å². The maximum Gasteiger partial charge on any atom is 0.123 e. The number of rotatable bonds is 7. The van der Waals surface area contributed by atoms with E-state index in [1.54, 1.807) is 0 Å². The zero-order valence-corrected chi connectivity index (χ0v) is 10.9. The molecule has 0 saturated heterocycles. The van der Waals surface area contributed by atoms with E-state index >= 15 is 0 Å². The highest BCUT2D eigenvalue weighted by molar-refractivity contribution is 7.99. The smallest absolute Gasteiger partial charge is 0.123 e. The van der Waals surface area contributed by atoms with Crippen LogP contribution in [0.5, 0.6) is 5.75 Å². The van der Waals surface area contributed by atoms with Crippen LogP contribution in [-0.2, 0) is 6.54 Å². The zero-order chi connectivity index (χ0) is 11.8. The number of benzene rings is 1. The highest BCUT2D eigenvalue weighted by Crippen LogP contribution is 2.17. The van der Waals surface area contributed by atoms with E-state index in [4.69, 9.17) is 10.5 Å². The van der Waals surface area contributed by atoms with Crippen LogP contribution in [0.3, 0.4) is 0 Å². The molecule has 16 heavy (non-hydrogen) atoms. The molecule has 0 aliphatic heterocycles. The van der Waals surface area contributed by atoms with Crippen molar-refractivity contribution in [1.29, 1.82) is 0 Å². The minimum Gasteiger partial charge on any atom is -0.493 e. The minimum absolute atomic E-state index is 0.539. The van der Waals surface area contributed by atoms with Gasteiger partial charge in [-0.25, -0.2) is 0 Å². The predicted octanol–water partition coefficient (Wildman–Crippen LogP) is 3.06. The quantitative estimate of drug-likeness (QED) is 0.743. The molecule has 2 N–H and O–H groups in total. The minimum atomic E-state index is 0.539. The van der Waals surface area contributed by atoms with Crippen molar-refractivity contribution in [3.8, 4) is 5.75 Å². The largest absolute Gasteiger partial charge is 0.493 e. The van der Waals surface area contributed by atoms with Crippen molar-refractivity contribution in [2.75, 3.05) is 12.4 Å². The summed E-state index contributed by atoms with van der Waals surface area (Å²) in [5, 5.41) is 0.705. The summed E-state index contributed by atoms with van der Waals surface area (Å²) in [5.74, 6) is 2.09. The Bertz CT molecular complexity index is 302. The Morgan fingerprint density at radius 2 is 2.06 bits per heavy atom. The summed E-state index contributed by atoms with van der Waals surface area (Å²) in [6, 6.07) is 7.97. The number of ether oxygens (including phenoxy) is 1. The van der Waals surface area contributed by atoms with E-state index < -0.39 is 0 Å².